The molecule has 1 heterocycles. The molecule has 0 saturated carbocycles. The Balaban J connectivity index is 1.57. The number of nitrogens with one attached hydrogen (secondary N) is 1. The molecule has 26 heavy (non-hydrogen) atoms. The van der Waals surface area contributed by atoms with Crippen LogP contribution in [0.3, 0.4) is 0 Å². The Bertz CT molecular complexity index is 914. The molecule has 0 aliphatic rings. The van der Waals surface area contributed by atoms with E-state index in [9.17, 15) is 4.79 Å². The molecule has 1 aromatic heterocycles. The molecule has 0 aliphatic heterocycles. The van der Waals surface area contributed by atoms with Crippen LogP contribution in [0.15, 0.2) is 53.1 Å². The van der Waals surface area contributed by atoms with Crippen LogP contribution in [-0.4, -0.2) is 22.2 Å². The van der Waals surface area contributed by atoms with Gasteiger partial charge in [0.2, 0.25) is 11.7 Å². The highest BCUT2D eigenvalue weighted by Crippen LogP contribution is 2.24. The van der Waals surface area contributed by atoms with Gasteiger partial charge in [0.15, 0.2) is 6.10 Å². The molecule has 0 unspecified atom stereocenters. The van der Waals surface area contributed by atoms with Crippen molar-refractivity contribution in [2.24, 2.45) is 0 Å². The van der Waals surface area contributed by atoms with Crippen molar-refractivity contribution in [3.63, 3.8) is 0 Å². The summed E-state index contributed by atoms with van der Waals surface area (Å²) >= 11 is 12.0. The molecule has 0 radical (unpaired) electrons. The van der Waals surface area contributed by atoms with Crippen LogP contribution in [0.2, 0.25) is 10.0 Å². The summed E-state index contributed by atoms with van der Waals surface area (Å²) in [5, 5.41) is 7.62. The Kier molecular flexibility index (Phi) is 5.75. The standard InChI is InChI=1S/C18H15Cl2N3O3/c1-11(25-13-6-4-5-12(19)9-13)18(24)21-10-16-22-17(23-26-16)14-7-2-3-8-15(14)20/h2-9,11H,10H2,1H3,(H,21,24)/t11-/m1/s1. The summed E-state index contributed by atoms with van der Waals surface area (Å²) in [5.74, 6) is 0.827. The van der Waals surface area contributed by atoms with Crippen molar-refractivity contribution >= 4 is 29.1 Å². The molecule has 0 bridgehead atoms. The quantitative estimate of drug-likeness (QED) is 0.683. The second-order valence-corrected chi connectivity index (χ2v) is 6.27. The number of hydrogen-bond donors (Lipinski definition) is 1. The summed E-state index contributed by atoms with van der Waals surface area (Å²) in [5.41, 5.74) is 0.660. The minimum absolute atomic E-state index is 0.0829. The Morgan fingerprint density at radius 2 is 2.04 bits per heavy atom. The van der Waals surface area contributed by atoms with Crippen molar-refractivity contribution < 1.29 is 14.1 Å². The first-order valence-corrected chi connectivity index (χ1v) is 8.56. The van der Waals surface area contributed by atoms with Crippen LogP contribution < -0.4 is 10.1 Å². The number of amides is 1. The number of aromatic nitrogens is 2. The lowest BCUT2D eigenvalue weighted by molar-refractivity contribution is -0.127. The first-order valence-electron chi connectivity index (χ1n) is 7.80. The Morgan fingerprint density at radius 1 is 1.23 bits per heavy atom. The largest absolute Gasteiger partial charge is 0.481 e. The Morgan fingerprint density at radius 3 is 2.81 bits per heavy atom. The van der Waals surface area contributed by atoms with E-state index < -0.39 is 6.10 Å². The predicted octanol–water partition coefficient (Wildman–Crippen LogP) is 4.13. The van der Waals surface area contributed by atoms with Gasteiger partial charge >= 0.3 is 0 Å². The average molecular weight is 392 g/mol. The summed E-state index contributed by atoms with van der Waals surface area (Å²) < 4.78 is 10.7. The maximum absolute atomic E-state index is 12.2. The van der Waals surface area contributed by atoms with Gasteiger partial charge < -0.3 is 14.6 Å². The van der Waals surface area contributed by atoms with Crippen LogP contribution in [0.4, 0.5) is 0 Å². The number of rotatable bonds is 6. The fraction of sp³-hybridized carbons (Fsp3) is 0.167. The molecule has 3 aromatic rings. The second kappa shape index (κ2) is 8.21. The van der Waals surface area contributed by atoms with Crippen molar-refractivity contribution in [1.29, 1.82) is 0 Å². The van der Waals surface area contributed by atoms with Gasteiger partial charge in [-0.2, -0.15) is 4.98 Å². The van der Waals surface area contributed by atoms with E-state index in [1.807, 2.05) is 12.1 Å². The first kappa shape index (κ1) is 18.2. The number of carbonyl (C=O) groups excluding carboxylic acids is 1. The van der Waals surface area contributed by atoms with Crippen molar-refractivity contribution in [3.8, 4) is 17.1 Å². The lowest BCUT2D eigenvalue weighted by Gasteiger charge is -2.14. The molecular formula is C18H15Cl2N3O3. The molecule has 1 N–H and O–H groups in total. The highest BCUT2D eigenvalue weighted by atomic mass is 35.5. The van der Waals surface area contributed by atoms with Crippen molar-refractivity contribution in [1.82, 2.24) is 15.5 Å². The van der Waals surface area contributed by atoms with Crippen LogP contribution in [0.5, 0.6) is 5.75 Å². The van der Waals surface area contributed by atoms with E-state index in [1.54, 1.807) is 43.3 Å². The molecule has 0 aliphatic carbocycles. The van der Waals surface area contributed by atoms with E-state index in [4.69, 9.17) is 32.5 Å². The van der Waals surface area contributed by atoms with Gasteiger partial charge in [0.25, 0.3) is 5.91 Å². The molecule has 6 nitrogen and oxygen atoms in total. The smallest absolute Gasteiger partial charge is 0.261 e. The second-order valence-electron chi connectivity index (χ2n) is 5.43. The third-order valence-corrected chi connectivity index (χ3v) is 4.04. The number of nitrogens with zero attached hydrogens (tertiary/aromatic N) is 2. The van der Waals surface area contributed by atoms with Gasteiger partial charge in [-0.15, -0.1) is 0 Å². The zero-order chi connectivity index (χ0) is 18.5. The minimum Gasteiger partial charge on any atom is -0.481 e. The summed E-state index contributed by atoms with van der Waals surface area (Å²) in [7, 11) is 0. The third-order valence-electron chi connectivity index (χ3n) is 3.47. The monoisotopic (exact) mass is 391 g/mol. The highest BCUT2D eigenvalue weighted by molar-refractivity contribution is 6.33. The SMILES string of the molecule is C[C@@H](Oc1cccc(Cl)c1)C(=O)NCc1nc(-c2ccccc2Cl)no1. The molecule has 0 saturated heterocycles. The van der Waals surface area contributed by atoms with Crippen LogP contribution in [0.1, 0.15) is 12.8 Å². The van der Waals surface area contributed by atoms with E-state index in [1.165, 1.54) is 0 Å². The average Bonchev–Trinajstić information content (AvgIpc) is 3.09. The molecule has 8 heteroatoms. The Labute approximate surface area is 160 Å². The summed E-state index contributed by atoms with van der Waals surface area (Å²) in [4.78, 5) is 16.4. The maximum Gasteiger partial charge on any atom is 0.261 e. The van der Waals surface area contributed by atoms with Crippen molar-refractivity contribution in [2.75, 3.05) is 0 Å². The van der Waals surface area contributed by atoms with Gasteiger partial charge in [0.05, 0.1) is 11.6 Å². The minimum atomic E-state index is -0.709. The van der Waals surface area contributed by atoms with Crippen LogP contribution in [-0.2, 0) is 11.3 Å². The molecule has 3 rings (SSSR count). The topological polar surface area (TPSA) is 77.2 Å². The third kappa shape index (κ3) is 4.53. The zero-order valence-corrected chi connectivity index (χ0v) is 15.3. The molecule has 1 atom stereocenters. The fourth-order valence-electron chi connectivity index (χ4n) is 2.18. The molecule has 1 amide bonds. The van der Waals surface area contributed by atoms with Gasteiger partial charge in [-0.25, -0.2) is 0 Å². The molecular weight excluding hydrogens is 377 g/mol. The maximum atomic E-state index is 12.2. The van der Waals surface area contributed by atoms with Gasteiger partial charge in [0.1, 0.15) is 5.75 Å². The normalized spacial score (nSPS) is 11.8. The summed E-state index contributed by atoms with van der Waals surface area (Å²) in [6, 6.07) is 14.0. The Hall–Kier alpha value is -2.57. The fourth-order valence-corrected chi connectivity index (χ4v) is 2.58. The van der Waals surface area contributed by atoms with Crippen LogP contribution >= 0.6 is 23.2 Å². The lowest BCUT2D eigenvalue weighted by Crippen LogP contribution is -2.35. The number of halogens is 2. The van der Waals surface area contributed by atoms with Gasteiger partial charge in [-0.1, -0.05) is 46.6 Å². The number of ether oxygens (including phenoxy) is 1. The van der Waals surface area contributed by atoms with E-state index in [2.05, 4.69) is 15.5 Å². The van der Waals surface area contributed by atoms with Gasteiger partial charge in [-0.05, 0) is 37.3 Å². The summed E-state index contributed by atoms with van der Waals surface area (Å²) in [6.45, 7) is 1.72. The van der Waals surface area contributed by atoms with E-state index >= 15 is 0 Å². The molecule has 0 spiro atoms. The number of carbonyl (C=O) groups is 1. The summed E-state index contributed by atoms with van der Waals surface area (Å²) in [6.07, 6.45) is -0.709. The highest BCUT2D eigenvalue weighted by Gasteiger charge is 2.17. The molecule has 2 aromatic carbocycles. The van der Waals surface area contributed by atoms with Crippen LogP contribution in [0.25, 0.3) is 11.4 Å². The van der Waals surface area contributed by atoms with Crippen molar-refractivity contribution in [2.45, 2.75) is 19.6 Å². The van der Waals surface area contributed by atoms with E-state index in [0.717, 1.165) is 0 Å². The zero-order valence-electron chi connectivity index (χ0n) is 13.8. The first-order chi connectivity index (χ1) is 12.5. The molecule has 0 fully saturated rings. The lowest BCUT2D eigenvalue weighted by atomic mass is 10.2. The van der Waals surface area contributed by atoms with Gasteiger partial charge in [0, 0.05) is 10.6 Å². The number of benzene rings is 2. The van der Waals surface area contributed by atoms with Crippen molar-refractivity contribution in [3.05, 3.63) is 64.5 Å². The van der Waals surface area contributed by atoms with E-state index in [-0.39, 0.29) is 18.3 Å². The molecule has 134 valence electrons. The van der Waals surface area contributed by atoms with E-state index in [0.29, 0.717) is 27.2 Å². The predicted molar refractivity (Wildman–Crippen MR) is 98.1 cm³/mol. The number of hydrogen-bond acceptors (Lipinski definition) is 5. The van der Waals surface area contributed by atoms with Gasteiger partial charge in [-0.3, -0.25) is 4.79 Å². The van der Waals surface area contributed by atoms with Crippen LogP contribution in [0, 0.1) is 0 Å².